The molecule has 1 aliphatic heterocycles. The maximum atomic E-state index is 10.3. The van der Waals surface area contributed by atoms with E-state index in [9.17, 15) is 8.42 Å². The average molecular weight is 162 g/mol. The number of nitrogens with one attached hydrogen (secondary N) is 1. The molecule has 5 nitrogen and oxygen atoms in total. The third-order valence-electron chi connectivity index (χ3n) is 0.925. The third kappa shape index (κ3) is 1.55. The summed E-state index contributed by atoms with van der Waals surface area (Å²) in [7, 11) is -4.09. The molecule has 2 N–H and O–H groups in total. The molecule has 0 bridgehead atoms. The maximum absolute atomic E-state index is 10.3. The van der Waals surface area contributed by atoms with Crippen LogP contribution in [0.1, 0.15) is 0 Å². The Morgan fingerprint density at radius 1 is 1.60 bits per heavy atom. The van der Waals surface area contributed by atoms with Crippen LogP contribution in [0, 0.1) is 0 Å². The van der Waals surface area contributed by atoms with Crippen molar-refractivity contribution in [2.75, 3.05) is 0 Å². The van der Waals surface area contributed by atoms with Crippen molar-refractivity contribution in [3.63, 3.8) is 0 Å². The van der Waals surface area contributed by atoms with Crippen LogP contribution < -0.4 is 5.32 Å². The number of aliphatic imine (C=N–C) groups is 1. The Balaban J connectivity index is 2.79. The predicted molar refractivity (Wildman–Crippen MR) is 36.1 cm³/mol. The first-order valence-corrected chi connectivity index (χ1v) is 4.02. The Hall–Kier alpha value is -0.880. The first-order valence-electron chi connectivity index (χ1n) is 2.51. The summed E-state index contributed by atoms with van der Waals surface area (Å²) in [5, 5.41) is 2.34. The molecule has 1 atom stereocenters. The lowest BCUT2D eigenvalue weighted by atomic mass is 10.6. The van der Waals surface area contributed by atoms with E-state index in [-0.39, 0.29) is 0 Å². The van der Waals surface area contributed by atoms with Gasteiger partial charge < -0.3 is 5.32 Å². The topological polar surface area (TPSA) is 78.8 Å². The van der Waals surface area contributed by atoms with Crippen LogP contribution >= 0.6 is 0 Å². The van der Waals surface area contributed by atoms with Crippen molar-refractivity contribution in [1.29, 1.82) is 0 Å². The van der Waals surface area contributed by atoms with Gasteiger partial charge in [-0.2, -0.15) is 8.42 Å². The summed E-state index contributed by atoms with van der Waals surface area (Å²) in [6, 6.07) is 0. The Morgan fingerprint density at radius 3 is 2.60 bits per heavy atom. The minimum Gasteiger partial charge on any atom is -0.355 e. The summed E-state index contributed by atoms with van der Waals surface area (Å²) in [4.78, 5) is 3.44. The summed E-state index contributed by atoms with van der Waals surface area (Å²) < 4.78 is 29.1. The smallest absolute Gasteiger partial charge is 0.307 e. The lowest BCUT2D eigenvalue weighted by molar-refractivity contribution is 0.461. The quantitative estimate of drug-likeness (QED) is 0.502. The van der Waals surface area contributed by atoms with Crippen molar-refractivity contribution in [2.45, 2.75) is 5.50 Å². The van der Waals surface area contributed by atoms with E-state index in [4.69, 9.17) is 4.55 Å². The number of nitrogens with zero attached hydrogens (tertiary/aromatic N) is 1. The molecular formula is C4H6N2O3S. The van der Waals surface area contributed by atoms with Crippen LogP contribution in [-0.2, 0) is 10.1 Å². The zero-order valence-corrected chi connectivity index (χ0v) is 5.75. The van der Waals surface area contributed by atoms with E-state index >= 15 is 0 Å². The molecular weight excluding hydrogens is 156 g/mol. The van der Waals surface area contributed by atoms with E-state index in [1.807, 2.05) is 0 Å². The molecule has 0 aromatic rings. The molecule has 0 aromatic heterocycles. The van der Waals surface area contributed by atoms with Gasteiger partial charge in [0.15, 0.2) is 0 Å². The lowest BCUT2D eigenvalue weighted by Crippen LogP contribution is -2.32. The molecule has 56 valence electrons. The second-order valence-corrected chi connectivity index (χ2v) is 3.17. The van der Waals surface area contributed by atoms with Crippen molar-refractivity contribution in [2.24, 2.45) is 4.99 Å². The number of allylic oxidation sites excluding steroid dienone is 1. The van der Waals surface area contributed by atoms with Crippen LogP contribution in [0.25, 0.3) is 0 Å². The number of rotatable bonds is 1. The van der Waals surface area contributed by atoms with Gasteiger partial charge in [0.05, 0.1) is 0 Å². The summed E-state index contributed by atoms with van der Waals surface area (Å²) in [5.74, 6) is 0. The number of hydrogen-bond acceptors (Lipinski definition) is 4. The van der Waals surface area contributed by atoms with Crippen molar-refractivity contribution >= 4 is 16.3 Å². The van der Waals surface area contributed by atoms with Gasteiger partial charge in [-0.3, -0.25) is 9.55 Å². The Morgan fingerprint density at radius 2 is 2.30 bits per heavy atom. The minimum absolute atomic E-state index is 1.24. The summed E-state index contributed by atoms with van der Waals surface area (Å²) >= 11 is 0. The highest BCUT2D eigenvalue weighted by Gasteiger charge is 2.19. The molecule has 0 fully saturated rings. The number of hydrogen-bond donors (Lipinski definition) is 2. The predicted octanol–water partition coefficient (Wildman–Crippen LogP) is -0.654. The van der Waals surface area contributed by atoms with Crippen LogP contribution in [0.4, 0.5) is 0 Å². The Kier molecular flexibility index (Phi) is 1.73. The molecule has 0 aromatic carbocycles. The zero-order valence-electron chi connectivity index (χ0n) is 4.93. The Bertz CT molecular complexity index is 266. The zero-order chi connectivity index (χ0) is 7.61. The molecule has 1 rings (SSSR count). The normalized spacial score (nSPS) is 24.3. The van der Waals surface area contributed by atoms with Crippen LogP contribution in [0.3, 0.4) is 0 Å². The van der Waals surface area contributed by atoms with E-state index < -0.39 is 15.6 Å². The van der Waals surface area contributed by atoms with Gasteiger partial charge >= 0.3 is 10.1 Å². The first-order chi connectivity index (χ1) is 4.61. The third-order valence-corrected chi connectivity index (χ3v) is 1.75. The fraction of sp³-hybridized carbons (Fsp3) is 0.250. The average Bonchev–Trinajstić information content (AvgIpc) is 1.88. The van der Waals surface area contributed by atoms with Crippen molar-refractivity contribution in [1.82, 2.24) is 5.32 Å². The lowest BCUT2D eigenvalue weighted by Gasteiger charge is -2.10. The molecule has 0 saturated carbocycles. The SMILES string of the molecule is O=S(=O)(O)C1N=CC=CN1. The molecule has 6 heteroatoms. The first kappa shape index (κ1) is 7.23. The van der Waals surface area contributed by atoms with E-state index in [1.165, 1.54) is 18.5 Å². The van der Waals surface area contributed by atoms with Gasteiger partial charge in [0.25, 0.3) is 0 Å². The van der Waals surface area contributed by atoms with E-state index in [1.54, 1.807) is 0 Å². The van der Waals surface area contributed by atoms with E-state index in [2.05, 4.69) is 10.3 Å². The van der Waals surface area contributed by atoms with Gasteiger partial charge in [-0.15, -0.1) is 0 Å². The highest BCUT2D eigenvalue weighted by molar-refractivity contribution is 7.86. The molecule has 0 amide bonds. The molecule has 1 aliphatic rings. The van der Waals surface area contributed by atoms with Crippen LogP contribution in [0.5, 0.6) is 0 Å². The fourth-order valence-electron chi connectivity index (χ4n) is 0.515. The highest BCUT2D eigenvalue weighted by atomic mass is 32.2. The minimum atomic E-state index is -4.09. The Labute approximate surface area is 58.2 Å². The summed E-state index contributed by atoms with van der Waals surface area (Å²) in [6.45, 7) is 0. The molecule has 10 heavy (non-hydrogen) atoms. The molecule has 0 radical (unpaired) electrons. The van der Waals surface area contributed by atoms with Crippen LogP contribution in [-0.4, -0.2) is 24.7 Å². The van der Waals surface area contributed by atoms with Gasteiger partial charge in [-0.05, 0) is 6.08 Å². The van der Waals surface area contributed by atoms with Crippen LogP contribution in [0.2, 0.25) is 0 Å². The highest BCUT2D eigenvalue weighted by Crippen LogP contribution is 1.98. The van der Waals surface area contributed by atoms with Gasteiger partial charge in [0.2, 0.25) is 5.50 Å². The summed E-state index contributed by atoms with van der Waals surface area (Å²) in [6.07, 6.45) is 4.22. The second-order valence-electron chi connectivity index (χ2n) is 1.69. The van der Waals surface area contributed by atoms with Gasteiger partial charge in [-0.1, -0.05) is 0 Å². The fourth-order valence-corrected chi connectivity index (χ4v) is 0.989. The second kappa shape index (κ2) is 2.39. The summed E-state index contributed by atoms with van der Waals surface area (Å²) in [5.41, 5.74) is -1.24. The molecule has 0 aliphatic carbocycles. The molecule has 0 spiro atoms. The molecule has 1 heterocycles. The maximum Gasteiger partial charge on any atom is 0.307 e. The van der Waals surface area contributed by atoms with Gasteiger partial charge in [0.1, 0.15) is 0 Å². The van der Waals surface area contributed by atoms with Crippen molar-refractivity contribution in [3.8, 4) is 0 Å². The van der Waals surface area contributed by atoms with Gasteiger partial charge in [-0.25, -0.2) is 0 Å². The van der Waals surface area contributed by atoms with Crippen molar-refractivity contribution < 1.29 is 13.0 Å². The monoisotopic (exact) mass is 162 g/mol. The van der Waals surface area contributed by atoms with Gasteiger partial charge in [0, 0.05) is 12.4 Å². The van der Waals surface area contributed by atoms with E-state index in [0.29, 0.717) is 0 Å². The van der Waals surface area contributed by atoms with E-state index in [0.717, 1.165) is 0 Å². The molecule has 1 unspecified atom stereocenters. The van der Waals surface area contributed by atoms with Crippen molar-refractivity contribution in [3.05, 3.63) is 12.3 Å². The van der Waals surface area contributed by atoms with Crippen LogP contribution in [0.15, 0.2) is 17.3 Å². The largest absolute Gasteiger partial charge is 0.355 e. The standard InChI is InChI=1S/C4H6N2O3S/c7-10(8,9)4-5-2-1-3-6-4/h1-5H,(H,7,8,9). The molecule has 0 saturated heterocycles.